The fourth-order valence-corrected chi connectivity index (χ4v) is 3.08. The first-order valence-corrected chi connectivity index (χ1v) is 9.60. The van der Waals surface area contributed by atoms with Crippen LogP contribution in [0.2, 0.25) is 0 Å². The van der Waals surface area contributed by atoms with Crippen molar-refractivity contribution in [1.82, 2.24) is 14.8 Å². The minimum absolute atomic E-state index is 0.0351. The molecule has 6 heteroatoms. The highest BCUT2D eigenvalue weighted by Crippen LogP contribution is 2.24. The number of aryl methyl sites for hydroxylation is 3. The Labute approximate surface area is 174 Å². The lowest BCUT2D eigenvalue weighted by Crippen LogP contribution is -2.15. The Morgan fingerprint density at radius 1 is 0.933 bits per heavy atom. The highest BCUT2D eigenvalue weighted by molar-refractivity contribution is 6.01. The van der Waals surface area contributed by atoms with Crippen LogP contribution in [0.4, 0.5) is 10.1 Å². The van der Waals surface area contributed by atoms with Crippen LogP contribution in [0.25, 0.3) is 17.1 Å². The molecule has 0 atom stereocenters. The van der Waals surface area contributed by atoms with Crippen LogP contribution in [0.1, 0.15) is 27.3 Å². The van der Waals surface area contributed by atoms with Gasteiger partial charge in [0, 0.05) is 5.56 Å². The fourth-order valence-electron chi connectivity index (χ4n) is 3.08. The maximum absolute atomic E-state index is 13.9. The quantitative estimate of drug-likeness (QED) is 0.509. The number of para-hydroxylation sites is 1. The molecule has 0 spiro atoms. The number of rotatable bonds is 4. The summed E-state index contributed by atoms with van der Waals surface area (Å²) in [5.74, 6) is -0.585. The third kappa shape index (κ3) is 3.85. The molecule has 5 nitrogen and oxygen atoms in total. The van der Waals surface area contributed by atoms with E-state index in [1.807, 2.05) is 63.2 Å². The van der Waals surface area contributed by atoms with Gasteiger partial charge in [0.15, 0.2) is 5.82 Å². The molecule has 1 amide bonds. The Morgan fingerprint density at radius 2 is 1.67 bits per heavy atom. The molecule has 0 saturated carbocycles. The average Bonchev–Trinajstić information content (AvgIpc) is 3.18. The summed E-state index contributed by atoms with van der Waals surface area (Å²) < 4.78 is 15.6. The summed E-state index contributed by atoms with van der Waals surface area (Å²) >= 11 is 0. The Kier molecular flexibility index (Phi) is 5.14. The van der Waals surface area contributed by atoms with Crippen LogP contribution in [-0.2, 0) is 0 Å². The lowest BCUT2D eigenvalue weighted by molar-refractivity contribution is 0.101. The van der Waals surface area contributed by atoms with Gasteiger partial charge in [0.1, 0.15) is 5.82 Å². The topological polar surface area (TPSA) is 59.8 Å². The van der Waals surface area contributed by atoms with Crippen molar-refractivity contribution in [1.29, 1.82) is 0 Å². The molecule has 0 fully saturated rings. The molecule has 0 bridgehead atoms. The second-order valence-corrected chi connectivity index (χ2v) is 7.24. The number of nitrogens with zero attached hydrogens (tertiary/aromatic N) is 3. The standard InChI is InChI=1S/C24H21FN4O/c1-15-8-11-18(12-9-15)23-27-22(24(30)26-21-7-5-4-6-20(21)25)28-29(23)19-13-10-16(2)17(3)14-19/h4-14H,1-3H3,(H,26,30). The molecular weight excluding hydrogens is 379 g/mol. The second kappa shape index (κ2) is 7.91. The van der Waals surface area contributed by atoms with Crippen molar-refractivity contribution in [2.75, 3.05) is 5.32 Å². The first kappa shape index (κ1) is 19.5. The number of amides is 1. The van der Waals surface area contributed by atoms with Gasteiger partial charge in [-0.05, 0) is 56.2 Å². The Balaban J connectivity index is 1.79. The zero-order valence-corrected chi connectivity index (χ0v) is 17.0. The van der Waals surface area contributed by atoms with E-state index in [9.17, 15) is 9.18 Å². The molecule has 150 valence electrons. The fraction of sp³-hybridized carbons (Fsp3) is 0.125. The zero-order valence-electron chi connectivity index (χ0n) is 17.0. The van der Waals surface area contributed by atoms with Gasteiger partial charge in [-0.2, -0.15) is 0 Å². The van der Waals surface area contributed by atoms with E-state index < -0.39 is 11.7 Å². The third-order valence-corrected chi connectivity index (χ3v) is 4.98. The Morgan fingerprint density at radius 3 is 2.37 bits per heavy atom. The van der Waals surface area contributed by atoms with Gasteiger partial charge in [-0.3, -0.25) is 4.79 Å². The number of halogens is 1. The molecule has 1 aromatic heterocycles. The number of anilines is 1. The van der Waals surface area contributed by atoms with E-state index in [1.165, 1.54) is 12.1 Å². The number of benzene rings is 3. The van der Waals surface area contributed by atoms with Crippen molar-refractivity contribution in [2.24, 2.45) is 0 Å². The second-order valence-electron chi connectivity index (χ2n) is 7.24. The molecule has 30 heavy (non-hydrogen) atoms. The largest absolute Gasteiger partial charge is 0.317 e. The van der Waals surface area contributed by atoms with Crippen LogP contribution < -0.4 is 5.32 Å². The van der Waals surface area contributed by atoms with Crippen LogP contribution in [0.3, 0.4) is 0 Å². The van der Waals surface area contributed by atoms with Crippen molar-refractivity contribution in [3.8, 4) is 17.1 Å². The van der Waals surface area contributed by atoms with E-state index in [-0.39, 0.29) is 11.5 Å². The normalized spacial score (nSPS) is 10.8. The lowest BCUT2D eigenvalue weighted by atomic mass is 10.1. The number of carbonyl (C=O) groups is 1. The minimum Gasteiger partial charge on any atom is -0.317 e. The molecule has 0 aliphatic heterocycles. The number of aromatic nitrogens is 3. The van der Waals surface area contributed by atoms with E-state index in [0.29, 0.717) is 5.82 Å². The number of carbonyl (C=O) groups excluding carboxylic acids is 1. The van der Waals surface area contributed by atoms with Gasteiger partial charge in [0.2, 0.25) is 5.82 Å². The summed E-state index contributed by atoms with van der Waals surface area (Å²) in [6, 6.07) is 19.8. The summed E-state index contributed by atoms with van der Waals surface area (Å²) in [6.07, 6.45) is 0. The number of hydrogen-bond donors (Lipinski definition) is 1. The van der Waals surface area contributed by atoms with Crippen LogP contribution >= 0.6 is 0 Å². The summed E-state index contributed by atoms with van der Waals surface area (Å²) in [7, 11) is 0. The third-order valence-electron chi connectivity index (χ3n) is 4.98. The Bertz CT molecular complexity index is 1230. The molecule has 4 aromatic rings. The molecular formula is C24H21FN4O. The summed E-state index contributed by atoms with van der Waals surface area (Å²) in [4.78, 5) is 17.2. The van der Waals surface area contributed by atoms with Crippen LogP contribution in [0.15, 0.2) is 66.7 Å². The zero-order chi connectivity index (χ0) is 21.3. The van der Waals surface area contributed by atoms with Gasteiger partial charge in [-0.1, -0.05) is 48.0 Å². The van der Waals surface area contributed by atoms with E-state index in [0.717, 1.165) is 27.9 Å². The monoisotopic (exact) mass is 400 g/mol. The molecule has 1 N–H and O–H groups in total. The first-order chi connectivity index (χ1) is 14.4. The molecule has 0 saturated heterocycles. The van der Waals surface area contributed by atoms with Crippen molar-refractivity contribution in [3.63, 3.8) is 0 Å². The van der Waals surface area contributed by atoms with Crippen LogP contribution in [0, 0.1) is 26.6 Å². The SMILES string of the molecule is Cc1ccc(-c2nc(C(=O)Nc3ccccc3F)nn2-c2ccc(C)c(C)c2)cc1. The van der Waals surface area contributed by atoms with Gasteiger partial charge in [0.25, 0.3) is 5.91 Å². The van der Waals surface area contributed by atoms with Crippen molar-refractivity contribution >= 4 is 11.6 Å². The maximum Gasteiger partial charge on any atom is 0.295 e. The van der Waals surface area contributed by atoms with Gasteiger partial charge in [0.05, 0.1) is 11.4 Å². The van der Waals surface area contributed by atoms with Gasteiger partial charge < -0.3 is 5.32 Å². The summed E-state index contributed by atoms with van der Waals surface area (Å²) in [5, 5.41) is 6.99. The molecule has 4 rings (SSSR count). The highest BCUT2D eigenvalue weighted by Gasteiger charge is 2.20. The van der Waals surface area contributed by atoms with Crippen molar-refractivity contribution in [3.05, 3.63) is 95.1 Å². The molecule has 1 heterocycles. The maximum atomic E-state index is 13.9. The average molecular weight is 400 g/mol. The Hall–Kier alpha value is -3.80. The van der Waals surface area contributed by atoms with Crippen molar-refractivity contribution < 1.29 is 9.18 Å². The van der Waals surface area contributed by atoms with Gasteiger partial charge >= 0.3 is 0 Å². The molecule has 0 aliphatic carbocycles. The summed E-state index contributed by atoms with van der Waals surface area (Å²) in [5.41, 5.74) is 5.10. The molecule has 0 unspecified atom stereocenters. The number of nitrogens with one attached hydrogen (secondary N) is 1. The van der Waals surface area contributed by atoms with E-state index in [2.05, 4.69) is 15.4 Å². The summed E-state index contributed by atoms with van der Waals surface area (Å²) in [6.45, 7) is 6.06. The van der Waals surface area contributed by atoms with Crippen molar-refractivity contribution in [2.45, 2.75) is 20.8 Å². The van der Waals surface area contributed by atoms with E-state index >= 15 is 0 Å². The van der Waals surface area contributed by atoms with E-state index in [4.69, 9.17) is 0 Å². The van der Waals surface area contributed by atoms with Gasteiger partial charge in [-0.25, -0.2) is 14.1 Å². The first-order valence-electron chi connectivity index (χ1n) is 9.60. The highest BCUT2D eigenvalue weighted by atomic mass is 19.1. The van der Waals surface area contributed by atoms with E-state index in [1.54, 1.807) is 16.8 Å². The minimum atomic E-state index is -0.573. The lowest BCUT2D eigenvalue weighted by Gasteiger charge is -2.08. The van der Waals surface area contributed by atoms with Gasteiger partial charge in [-0.15, -0.1) is 5.10 Å². The molecule has 3 aromatic carbocycles. The predicted octanol–water partition coefficient (Wildman–Crippen LogP) is 5.25. The smallest absolute Gasteiger partial charge is 0.295 e. The molecule has 0 radical (unpaired) electrons. The van der Waals surface area contributed by atoms with Crippen LogP contribution in [0.5, 0.6) is 0 Å². The van der Waals surface area contributed by atoms with Crippen LogP contribution in [-0.4, -0.2) is 20.7 Å². The number of hydrogen-bond acceptors (Lipinski definition) is 3. The molecule has 0 aliphatic rings. The predicted molar refractivity (Wildman–Crippen MR) is 115 cm³/mol.